The average molecular weight is 275 g/mol. The highest BCUT2D eigenvalue weighted by molar-refractivity contribution is 5.87. The van der Waals surface area contributed by atoms with Gasteiger partial charge in [0.05, 0.1) is 5.56 Å². The minimum atomic E-state index is -0.852. The number of rotatable bonds is 5. The molecule has 1 saturated carbocycles. The molecule has 3 heteroatoms. The Balaban J connectivity index is 1.97. The number of nitrogens with zero attached hydrogens (tertiary/aromatic N) is 1. The van der Waals surface area contributed by atoms with Crippen molar-refractivity contribution in [3.63, 3.8) is 0 Å². The maximum Gasteiger partial charge on any atom is 0.335 e. The molecule has 110 valence electrons. The molecular formula is C17H25NO2. The lowest BCUT2D eigenvalue weighted by Gasteiger charge is -2.34. The van der Waals surface area contributed by atoms with Crippen LogP contribution in [0.5, 0.6) is 0 Å². The normalized spacial score (nSPS) is 18.1. The predicted octanol–water partition coefficient (Wildman–Crippen LogP) is 3.79. The Kier molecular flexibility index (Phi) is 5.18. The van der Waals surface area contributed by atoms with Crippen LogP contribution in [0.25, 0.3) is 0 Å². The molecule has 0 aliphatic heterocycles. The summed E-state index contributed by atoms with van der Waals surface area (Å²) < 4.78 is 0. The fourth-order valence-electron chi connectivity index (χ4n) is 3.21. The molecule has 1 atom stereocenters. The second-order valence-corrected chi connectivity index (χ2v) is 6.06. The van der Waals surface area contributed by atoms with E-state index in [1.807, 2.05) is 12.1 Å². The van der Waals surface area contributed by atoms with E-state index in [0.29, 0.717) is 11.6 Å². The van der Waals surface area contributed by atoms with Gasteiger partial charge in [0.15, 0.2) is 0 Å². The van der Waals surface area contributed by atoms with Crippen molar-refractivity contribution in [2.45, 2.75) is 51.6 Å². The molecule has 3 nitrogen and oxygen atoms in total. The SMILES string of the molecule is CC(C1CCCCC1)N(C)Cc1cccc(C(=O)O)c1. The molecule has 1 aliphatic carbocycles. The van der Waals surface area contributed by atoms with Gasteiger partial charge in [-0.15, -0.1) is 0 Å². The number of hydrogen-bond donors (Lipinski definition) is 1. The molecular weight excluding hydrogens is 250 g/mol. The van der Waals surface area contributed by atoms with E-state index in [1.165, 1.54) is 32.1 Å². The van der Waals surface area contributed by atoms with Crippen LogP contribution >= 0.6 is 0 Å². The van der Waals surface area contributed by atoms with E-state index in [9.17, 15) is 4.79 Å². The second-order valence-electron chi connectivity index (χ2n) is 6.06. The lowest BCUT2D eigenvalue weighted by molar-refractivity contribution is 0.0696. The summed E-state index contributed by atoms with van der Waals surface area (Å²) in [5.74, 6) is -0.0637. The smallest absolute Gasteiger partial charge is 0.335 e. The third-order valence-corrected chi connectivity index (χ3v) is 4.63. The molecule has 0 spiro atoms. The minimum absolute atomic E-state index is 0.376. The molecule has 0 amide bonds. The maximum absolute atomic E-state index is 11.0. The second kappa shape index (κ2) is 6.89. The number of hydrogen-bond acceptors (Lipinski definition) is 2. The highest BCUT2D eigenvalue weighted by Crippen LogP contribution is 2.29. The number of carbonyl (C=O) groups is 1. The van der Waals surface area contributed by atoms with Gasteiger partial charge >= 0.3 is 5.97 Å². The lowest BCUT2D eigenvalue weighted by Crippen LogP contribution is -2.36. The van der Waals surface area contributed by atoms with E-state index in [2.05, 4.69) is 18.9 Å². The zero-order valence-electron chi connectivity index (χ0n) is 12.5. The van der Waals surface area contributed by atoms with Gasteiger partial charge in [0.2, 0.25) is 0 Å². The van der Waals surface area contributed by atoms with Gasteiger partial charge in [-0.2, -0.15) is 0 Å². The Morgan fingerprint density at radius 2 is 2.05 bits per heavy atom. The van der Waals surface area contributed by atoms with Crippen LogP contribution in [0, 0.1) is 5.92 Å². The van der Waals surface area contributed by atoms with Gasteiger partial charge in [-0.1, -0.05) is 31.4 Å². The molecule has 1 unspecified atom stereocenters. The topological polar surface area (TPSA) is 40.5 Å². The van der Waals surface area contributed by atoms with E-state index in [4.69, 9.17) is 5.11 Å². The van der Waals surface area contributed by atoms with Gasteiger partial charge in [-0.05, 0) is 50.4 Å². The molecule has 20 heavy (non-hydrogen) atoms. The first kappa shape index (κ1) is 15.0. The van der Waals surface area contributed by atoms with Crippen LogP contribution in [0.4, 0.5) is 0 Å². The highest BCUT2D eigenvalue weighted by atomic mass is 16.4. The molecule has 0 aromatic heterocycles. The third kappa shape index (κ3) is 3.83. The van der Waals surface area contributed by atoms with Gasteiger partial charge in [0.1, 0.15) is 0 Å². The van der Waals surface area contributed by atoms with Crippen LogP contribution in [0.1, 0.15) is 54.9 Å². The van der Waals surface area contributed by atoms with Crippen molar-refractivity contribution in [3.8, 4) is 0 Å². The van der Waals surface area contributed by atoms with Crippen LogP contribution in [-0.2, 0) is 6.54 Å². The first-order chi connectivity index (χ1) is 9.58. The molecule has 1 aromatic rings. The van der Waals surface area contributed by atoms with E-state index in [1.54, 1.807) is 12.1 Å². The van der Waals surface area contributed by atoms with Crippen molar-refractivity contribution >= 4 is 5.97 Å². The van der Waals surface area contributed by atoms with Gasteiger partial charge in [0, 0.05) is 12.6 Å². The Bertz CT molecular complexity index is 452. The van der Waals surface area contributed by atoms with E-state index >= 15 is 0 Å². The predicted molar refractivity (Wildman–Crippen MR) is 80.9 cm³/mol. The van der Waals surface area contributed by atoms with Crippen molar-refractivity contribution in [1.82, 2.24) is 4.90 Å². The molecule has 1 aromatic carbocycles. The highest BCUT2D eigenvalue weighted by Gasteiger charge is 2.23. The molecule has 2 rings (SSSR count). The zero-order valence-corrected chi connectivity index (χ0v) is 12.5. The summed E-state index contributed by atoms with van der Waals surface area (Å²) in [6.45, 7) is 3.12. The minimum Gasteiger partial charge on any atom is -0.478 e. The van der Waals surface area contributed by atoms with Gasteiger partial charge in [-0.25, -0.2) is 4.79 Å². The van der Waals surface area contributed by atoms with Crippen LogP contribution in [0.15, 0.2) is 24.3 Å². The summed E-state index contributed by atoms with van der Waals surface area (Å²) in [5, 5.41) is 9.04. The molecule has 1 fully saturated rings. The zero-order chi connectivity index (χ0) is 14.5. The molecule has 1 N–H and O–H groups in total. The third-order valence-electron chi connectivity index (χ3n) is 4.63. The summed E-state index contributed by atoms with van der Waals surface area (Å²) in [6, 6.07) is 7.83. The van der Waals surface area contributed by atoms with Crippen molar-refractivity contribution in [2.75, 3.05) is 7.05 Å². The van der Waals surface area contributed by atoms with Crippen LogP contribution < -0.4 is 0 Å². The van der Waals surface area contributed by atoms with Crippen molar-refractivity contribution in [2.24, 2.45) is 5.92 Å². The van der Waals surface area contributed by atoms with Crippen LogP contribution in [-0.4, -0.2) is 29.1 Å². The van der Waals surface area contributed by atoms with Gasteiger partial charge < -0.3 is 5.11 Å². The Morgan fingerprint density at radius 3 is 2.70 bits per heavy atom. The summed E-state index contributed by atoms with van der Waals surface area (Å²) >= 11 is 0. The molecule has 0 saturated heterocycles. The van der Waals surface area contributed by atoms with Crippen LogP contribution in [0.3, 0.4) is 0 Å². The summed E-state index contributed by atoms with van der Waals surface area (Å²) in [7, 11) is 2.15. The quantitative estimate of drug-likeness (QED) is 0.889. The standard InChI is InChI=1S/C17H25NO2/c1-13(15-8-4-3-5-9-15)18(2)12-14-7-6-10-16(11-14)17(19)20/h6-7,10-11,13,15H,3-5,8-9,12H2,1-2H3,(H,19,20). The number of carboxylic acid groups (broad SMARTS) is 1. The van der Waals surface area contributed by atoms with Crippen molar-refractivity contribution < 1.29 is 9.90 Å². The number of benzene rings is 1. The lowest BCUT2D eigenvalue weighted by atomic mass is 9.84. The monoisotopic (exact) mass is 275 g/mol. The summed E-state index contributed by atoms with van der Waals surface area (Å²) in [6.07, 6.45) is 6.77. The van der Waals surface area contributed by atoms with E-state index < -0.39 is 5.97 Å². The Labute approximate surface area is 121 Å². The Morgan fingerprint density at radius 1 is 1.35 bits per heavy atom. The van der Waals surface area contributed by atoms with Crippen LogP contribution in [0.2, 0.25) is 0 Å². The molecule has 0 heterocycles. The van der Waals surface area contributed by atoms with Crippen molar-refractivity contribution in [1.29, 1.82) is 0 Å². The first-order valence-electron chi connectivity index (χ1n) is 7.60. The largest absolute Gasteiger partial charge is 0.478 e. The van der Waals surface area contributed by atoms with E-state index in [-0.39, 0.29) is 0 Å². The van der Waals surface area contributed by atoms with Crippen molar-refractivity contribution in [3.05, 3.63) is 35.4 Å². The average Bonchev–Trinajstić information content (AvgIpc) is 2.47. The van der Waals surface area contributed by atoms with Gasteiger partial charge in [0.25, 0.3) is 0 Å². The molecule has 1 aliphatic rings. The Hall–Kier alpha value is -1.35. The fraction of sp³-hybridized carbons (Fsp3) is 0.588. The number of aromatic carboxylic acids is 1. The summed E-state index contributed by atoms with van der Waals surface area (Å²) in [4.78, 5) is 13.4. The molecule has 0 bridgehead atoms. The van der Waals surface area contributed by atoms with E-state index in [0.717, 1.165) is 18.0 Å². The number of carboxylic acids is 1. The molecule has 0 radical (unpaired) electrons. The van der Waals surface area contributed by atoms with Gasteiger partial charge in [-0.3, -0.25) is 4.90 Å². The summed E-state index contributed by atoms with van der Waals surface area (Å²) in [5.41, 5.74) is 1.45. The maximum atomic E-state index is 11.0. The first-order valence-corrected chi connectivity index (χ1v) is 7.60. The fourth-order valence-corrected chi connectivity index (χ4v) is 3.21.